The largest absolute Gasteiger partial charge is 0.394 e. The maximum atomic E-state index is 8.13. The summed E-state index contributed by atoms with van der Waals surface area (Å²) in [6.07, 6.45) is 3.77. The molecule has 1 fully saturated rings. The van der Waals surface area contributed by atoms with E-state index in [-0.39, 0.29) is 6.61 Å². The highest BCUT2D eigenvalue weighted by Crippen LogP contribution is 2.07. The van der Waals surface area contributed by atoms with E-state index in [0.717, 1.165) is 13.2 Å². The number of aliphatic hydroxyl groups excluding tert-OH is 1. The highest BCUT2D eigenvalue weighted by molar-refractivity contribution is 6.25. The van der Waals surface area contributed by atoms with Crippen LogP contribution in [0.5, 0.6) is 0 Å². The molecule has 106 valence electrons. The second kappa shape index (κ2) is 18.7. The van der Waals surface area contributed by atoms with Crippen LogP contribution in [0.25, 0.3) is 0 Å². The number of hydrogen-bond donors (Lipinski definition) is 1. The molecule has 1 rings (SSSR count). The summed E-state index contributed by atoms with van der Waals surface area (Å²) >= 11 is 4.76. The number of rotatable bonds is 8. The van der Waals surface area contributed by atoms with Gasteiger partial charge in [0, 0.05) is 0 Å². The van der Waals surface area contributed by atoms with Crippen LogP contribution in [0, 0.1) is 0 Å². The first-order valence-corrected chi connectivity index (χ1v) is 6.01. The Labute approximate surface area is 114 Å². The van der Waals surface area contributed by atoms with Crippen molar-refractivity contribution < 1.29 is 19.3 Å². The van der Waals surface area contributed by atoms with Crippen molar-refractivity contribution in [3.8, 4) is 0 Å². The lowest BCUT2D eigenvalue weighted by atomic mass is 10.5. The molecule has 5 heteroatoms. The third-order valence-corrected chi connectivity index (χ3v) is 1.41. The van der Waals surface area contributed by atoms with Gasteiger partial charge in [0.2, 0.25) is 0 Å². The lowest BCUT2D eigenvalue weighted by molar-refractivity contribution is 0.112. The van der Waals surface area contributed by atoms with Crippen LogP contribution in [0.2, 0.25) is 0 Å². The first-order chi connectivity index (χ1) is 8.76. The van der Waals surface area contributed by atoms with Crippen LogP contribution in [-0.2, 0) is 14.2 Å². The maximum absolute atomic E-state index is 8.13. The average molecular weight is 279 g/mol. The van der Waals surface area contributed by atoms with Crippen LogP contribution in [-0.4, -0.2) is 50.9 Å². The predicted octanol–water partition coefficient (Wildman–Crippen LogP) is 2.14. The summed E-state index contributed by atoms with van der Waals surface area (Å²) in [6.45, 7) is 13.3. The van der Waals surface area contributed by atoms with Crippen LogP contribution in [0.1, 0.15) is 0 Å². The molecule has 1 heterocycles. The summed E-state index contributed by atoms with van der Waals surface area (Å²) in [4.78, 5) is 0. The van der Waals surface area contributed by atoms with E-state index in [0.29, 0.717) is 25.9 Å². The molecule has 1 unspecified atom stereocenters. The average Bonchev–Trinajstić information content (AvgIpc) is 3.16. The van der Waals surface area contributed by atoms with E-state index >= 15 is 0 Å². The van der Waals surface area contributed by atoms with Crippen molar-refractivity contribution in [1.29, 1.82) is 0 Å². The maximum Gasteiger partial charge on any atom is 0.104 e. The van der Waals surface area contributed by atoms with Gasteiger partial charge < -0.3 is 19.3 Å². The summed E-state index contributed by atoms with van der Waals surface area (Å²) in [5.41, 5.74) is 1.22. The molecule has 1 atom stereocenters. The fraction of sp³-hybridized carbons (Fsp3) is 0.538. The molecular weight excluding hydrogens is 256 g/mol. The van der Waals surface area contributed by atoms with Gasteiger partial charge in [-0.1, -0.05) is 30.3 Å². The van der Waals surface area contributed by atoms with Crippen LogP contribution in [0.4, 0.5) is 0 Å². The summed E-state index contributed by atoms with van der Waals surface area (Å²) in [5, 5.41) is 8.13. The Morgan fingerprint density at radius 3 is 2.11 bits per heavy atom. The van der Waals surface area contributed by atoms with E-state index < -0.39 is 0 Å². The minimum Gasteiger partial charge on any atom is -0.394 e. The number of ether oxygens (including phenoxy) is 3. The molecule has 0 amide bonds. The van der Waals surface area contributed by atoms with Crippen molar-refractivity contribution in [2.24, 2.45) is 0 Å². The Hall–Kier alpha value is -0.650. The van der Waals surface area contributed by atoms with Gasteiger partial charge in [0.25, 0.3) is 0 Å². The van der Waals surface area contributed by atoms with Gasteiger partial charge in [0.05, 0.1) is 39.6 Å². The molecule has 0 radical (unpaired) electrons. The fourth-order valence-electron chi connectivity index (χ4n) is 0.678. The van der Waals surface area contributed by atoms with E-state index in [2.05, 4.69) is 19.7 Å². The van der Waals surface area contributed by atoms with E-state index in [4.69, 9.17) is 30.9 Å². The summed E-state index contributed by atoms with van der Waals surface area (Å²) in [7, 11) is 0. The Morgan fingerprint density at radius 2 is 1.72 bits per heavy atom. The molecule has 4 nitrogen and oxygen atoms in total. The molecule has 1 aliphatic rings. The first kappa shape index (κ1) is 19.7. The standard InChI is InChI=1S/C6H10O2.C5H10O2.C2H3Cl/c1-2-3-7-4-6-5-8-6;1-2-4-7-5-3-6;1-2-3/h2,6H,1,3-5H2;2,6H,1,3-5H2;2H,1H2. The normalized spacial score (nSPS) is 15.3. The van der Waals surface area contributed by atoms with Crippen molar-refractivity contribution in [3.05, 3.63) is 37.4 Å². The van der Waals surface area contributed by atoms with E-state index in [1.54, 1.807) is 12.2 Å². The highest BCUT2D eigenvalue weighted by Gasteiger charge is 2.21. The van der Waals surface area contributed by atoms with Crippen LogP contribution >= 0.6 is 11.6 Å². The Bertz CT molecular complexity index is 193. The van der Waals surface area contributed by atoms with Crippen molar-refractivity contribution in [1.82, 2.24) is 0 Å². The minimum absolute atomic E-state index is 0.0911. The van der Waals surface area contributed by atoms with Gasteiger partial charge in [-0.3, -0.25) is 0 Å². The van der Waals surface area contributed by atoms with Gasteiger partial charge in [-0.25, -0.2) is 0 Å². The van der Waals surface area contributed by atoms with Crippen molar-refractivity contribution >= 4 is 11.6 Å². The predicted molar refractivity (Wildman–Crippen MR) is 74.9 cm³/mol. The van der Waals surface area contributed by atoms with Gasteiger partial charge in [0.15, 0.2) is 0 Å². The quantitative estimate of drug-likeness (QED) is 0.420. The lowest BCUT2D eigenvalue weighted by Crippen LogP contribution is -2.00. The molecule has 0 spiro atoms. The molecule has 1 N–H and O–H groups in total. The van der Waals surface area contributed by atoms with Gasteiger partial charge >= 0.3 is 0 Å². The number of aliphatic hydroxyl groups is 1. The zero-order chi connectivity index (χ0) is 14.1. The molecular formula is C13H23ClO4. The van der Waals surface area contributed by atoms with Gasteiger partial charge in [-0.05, 0) is 5.54 Å². The molecule has 18 heavy (non-hydrogen) atoms. The smallest absolute Gasteiger partial charge is 0.104 e. The topological polar surface area (TPSA) is 51.2 Å². The number of halogens is 1. The minimum atomic E-state index is 0.0911. The van der Waals surface area contributed by atoms with Crippen molar-refractivity contribution in [2.45, 2.75) is 6.10 Å². The zero-order valence-corrected chi connectivity index (χ0v) is 11.5. The molecule has 0 aliphatic carbocycles. The molecule has 0 aromatic rings. The lowest BCUT2D eigenvalue weighted by Gasteiger charge is -1.92. The number of epoxide rings is 1. The SMILES string of the molecule is C=CCOCC1CO1.C=CCOCCO.C=CCl. The second-order valence-electron chi connectivity index (χ2n) is 3.02. The fourth-order valence-corrected chi connectivity index (χ4v) is 0.678. The zero-order valence-electron chi connectivity index (χ0n) is 10.7. The first-order valence-electron chi connectivity index (χ1n) is 5.57. The van der Waals surface area contributed by atoms with Crippen LogP contribution in [0.15, 0.2) is 37.4 Å². The third-order valence-electron chi connectivity index (χ3n) is 1.41. The van der Waals surface area contributed by atoms with Gasteiger partial charge in [-0.2, -0.15) is 0 Å². The van der Waals surface area contributed by atoms with Crippen LogP contribution < -0.4 is 0 Å². The monoisotopic (exact) mass is 278 g/mol. The second-order valence-corrected chi connectivity index (χ2v) is 3.33. The summed E-state index contributed by atoms with van der Waals surface area (Å²) in [5.74, 6) is 0. The molecule has 0 saturated carbocycles. The molecule has 1 aliphatic heterocycles. The van der Waals surface area contributed by atoms with E-state index in [1.165, 1.54) is 5.54 Å². The molecule has 1 saturated heterocycles. The summed E-state index contributed by atoms with van der Waals surface area (Å²) < 4.78 is 14.7. The van der Waals surface area contributed by atoms with Crippen molar-refractivity contribution in [2.75, 3.05) is 39.6 Å². The van der Waals surface area contributed by atoms with Gasteiger partial charge in [0.1, 0.15) is 6.10 Å². The van der Waals surface area contributed by atoms with Crippen LogP contribution in [0.3, 0.4) is 0 Å². The third kappa shape index (κ3) is 24.5. The molecule has 0 bridgehead atoms. The Balaban J connectivity index is 0. The summed E-state index contributed by atoms with van der Waals surface area (Å²) in [6, 6.07) is 0. The molecule has 0 aromatic heterocycles. The Kier molecular flexibility index (Phi) is 20.5. The van der Waals surface area contributed by atoms with E-state index in [9.17, 15) is 0 Å². The number of hydrogen-bond acceptors (Lipinski definition) is 4. The molecule has 0 aromatic carbocycles. The van der Waals surface area contributed by atoms with E-state index in [1.807, 2.05) is 0 Å². The Morgan fingerprint density at radius 1 is 1.22 bits per heavy atom. The van der Waals surface area contributed by atoms with Crippen molar-refractivity contribution in [3.63, 3.8) is 0 Å². The highest BCUT2D eigenvalue weighted by atomic mass is 35.5. The van der Waals surface area contributed by atoms with Gasteiger partial charge in [-0.15, -0.1) is 13.2 Å².